The lowest BCUT2D eigenvalue weighted by molar-refractivity contribution is -0.146. The van der Waals surface area contributed by atoms with Gasteiger partial charge in [-0.05, 0) is 67.5 Å². The third-order valence-electron chi connectivity index (χ3n) is 7.04. The maximum Gasteiger partial charge on any atom is 0.230 e. The van der Waals surface area contributed by atoms with Gasteiger partial charge in [-0.25, -0.2) is 4.39 Å². The molecular weight excluding hydrogens is 351 g/mol. The lowest BCUT2D eigenvalue weighted by atomic mass is 9.78. The molecular formula is C24H27FN2O. The molecule has 1 spiro atoms. The van der Waals surface area contributed by atoms with Gasteiger partial charge in [0.15, 0.2) is 0 Å². The van der Waals surface area contributed by atoms with E-state index in [0.717, 1.165) is 57.3 Å². The average Bonchev–Trinajstić information content (AvgIpc) is 3.32. The molecule has 2 aromatic carbocycles. The van der Waals surface area contributed by atoms with E-state index >= 15 is 0 Å². The lowest BCUT2D eigenvalue weighted by Gasteiger charge is -2.40. The summed E-state index contributed by atoms with van der Waals surface area (Å²) in [7, 11) is 0. The van der Waals surface area contributed by atoms with Crippen LogP contribution in [0.3, 0.4) is 0 Å². The summed E-state index contributed by atoms with van der Waals surface area (Å²) in [6.45, 7) is 3.32. The summed E-state index contributed by atoms with van der Waals surface area (Å²) in [4.78, 5) is 18.0. The smallest absolute Gasteiger partial charge is 0.230 e. The molecule has 3 nitrogen and oxygen atoms in total. The number of amides is 1. The third-order valence-corrected chi connectivity index (χ3v) is 7.04. The molecule has 2 aromatic rings. The van der Waals surface area contributed by atoms with Crippen molar-refractivity contribution in [3.63, 3.8) is 0 Å². The second-order valence-electron chi connectivity index (χ2n) is 8.79. The topological polar surface area (TPSA) is 23.6 Å². The van der Waals surface area contributed by atoms with E-state index in [4.69, 9.17) is 0 Å². The van der Waals surface area contributed by atoms with Crippen molar-refractivity contribution in [2.24, 2.45) is 5.41 Å². The van der Waals surface area contributed by atoms with E-state index in [1.807, 2.05) is 4.90 Å². The lowest BCUT2D eigenvalue weighted by Crippen LogP contribution is -2.50. The highest BCUT2D eigenvalue weighted by molar-refractivity contribution is 5.84. The molecule has 0 bridgehead atoms. The zero-order valence-corrected chi connectivity index (χ0v) is 16.2. The number of carbonyl (C=O) groups is 1. The summed E-state index contributed by atoms with van der Waals surface area (Å²) in [5.74, 6) is 0.0790. The number of nitrogens with zero attached hydrogens (tertiary/aromatic N) is 2. The summed E-state index contributed by atoms with van der Waals surface area (Å²) >= 11 is 0. The Kier molecular flexibility index (Phi) is 4.47. The molecule has 0 radical (unpaired) electrons. The van der Waals surface area contributed by atoms with Crippen molar-refractivity contribution < 1.29 is 9.18 Å². The standard InChI is InChI=1S/C24H27FN2O/c25-21-8-6-18(7-9-21)16-26-12-3-10-24(23(26)28)11-13-27(17-24)22-14-19-4-1-2-5-20(19)15-22/h1-2,4-9,22H,3,10-17H2. The van der Waals surface area contributed by atoms with E-state index < -0.39 is 0 Å². The predicted molar refractivity (Wildman–Crippen MR) is 107 cm³/mol. The average molecular weight is 378 g/mol. The molecule has 2 saturated heterocycles. The Labute approximate surface area is 166 Å². The maximum atomic E-state index is 13.4. The molecule has 1 unspecified atom stereocenters. The van der Waals surface area contributed by atoms with Gasteiger partial charge in [-0.3, -0.25) is 9.69 Å². The number of fused-ring (bicyclic) bond motifs is 1. The Hall–Kier alpha value is -2.20. The van der Waals surface area contributed by atoms with Crippen LogP contribution >= 0.6 is 0 Å². The fourth-order valence-corrected chi connectivity index (χ4v) is 5.50. The minimum Gasteiger partial charge on any atom is -0.338 e. The third kappa shape index (κ3) is 3.14. The molecule has 0 N–H and O–H groups in total. The number of likely N-dealkylation sites (tertiary alicyclic amines) is 2. The Morgan fingerprint density at radius 3 is 2.39 bits per heavy atom. The molecule has 1 amide bonds. The first-order chi connectivity index (χ1) is 13.6. The van der Waals surface area contributed by atoms with Crippen molar-refractivity contribution in [3.8, 4) is 0 Å². The minimum atomic E-state index is -0.228. The number of carbonyl (C=O) groups excluding carboxylic acids is 1. The number of hydrogen-bond acceptors (Lipinski definition) is 2. The number of hydrogen-bond donors (Lipinski definition) is 0. The summed E-state index contributed by atoms with van der Waals surface area (Å²) in [6, 6.07) is 15.8. The van der Waals surface area contributed by atoms with Crippen LogP contribution < -0.4 is 0 Å². The van der Waals surface area contributed by atoms with Crippen LogP contribution in [0.25, 0.3) is 0 Å². The van der Waals surface area contributed by atoms with Crippen LogP contribution in [0.1, 0.15) is 36.0 Å². The first-order valence-corrected chi connectivity index (χ1v) is 10.5. The second kappa shape index (κ2) is 7.00. The highest BCUT2D eigenvalue weighted by atomic mass is 19.1. The van der Waals surface area contributed by atoms with E-state index in [9.17, 15) is 9.18 Å². The first kappa shape index (κ1) is 17.9. The van der Waals surface area contributed by atoms with Gasteiger partial charge in [0.05, 0.1) is 5.41 Å². The minimum absolute atomic E-state index is 0.215. The molecule has 2 fully saturated rings. The molecule has 4 heteroatoms. The van der Waals surface area contributed by atoms with Gasteiger partial charge in [-0.1, -0.05) is 36.4 Å². The van der Waals surface area contributed by atoms with Crippen LogP contribution in [0.4, 0.5) is 4.39 Å². The van der Waals surface area contributed by atoms with Gasteiger partial charge in [0.25, 0.3) is 0 Å². The molecule has 5 rings (SSSR count). The highest BCUT2D eigenvalue weighted by Gasteiger charge is 2.49. The zero-order valence-electron chi connectivity index (χ0n) is 16.2. The Morgan fingerprint density at radius 2 is 1.68 bits per heavy atom. The monoisotopic (exact) mass is 378 g/mol. The van der Waals surface area contributed by atoms with Crippen molar-refractivity contribution in [1.29, 1.82) is 0 Å². The van der Waals surface area contributed by atoms with Crippen molar-refractivity contribution in [2.75, 3.05) is 19.6 Å². The molecule has 3 aliphatic rings. The quantitative estimate of drug-likeness (QED) is 0.811. The number of halogens is 1. The molecule has 0 aromatic heterocycles. The van der Waals surface area contributed by atoms with Crippen molar-refractivity contribution >= 4 is 5.91 Å². The van der Waals surface area contributed by atoms with Crippen molar-refractivity contribution in [3.05, 3.63) is 71.0 Å². The molecule has 2 heterocycles. The molecule has 2 aliphatic heterocycles. The highest BCUT2D eigenvalue weighted by Crippen LogP contribution is 2.42. The molecule has 1 aliphatic carbocycles. The van der Waals surface area contributed by atoms with E-state index in [1.165, 1.54) is 23.3 Å². The fourth-order valence-electron chi connectivity index (χ4n) is 5.50. The largest absolute Gasteiger partial charge is 0.338 e. The number of piperidine rings is 1. The van der Waals surface area contributed by atoms with E-state index in [1.54, 1.807) is 12.1 Å². The molecule has 146 valence electrons. The normalized spacial score (nSPS) is 25.6. The van der Waals surface area contributed by atoms with Gasteiger partial charge >= 0.3 is 0 Å². The Bertz CT molecular complexity index is 855. The van der Waals surface area contributed by atoms with Crippen LogP contribution in [-0.2, 0) is 24.2 Å². The van der Waals surface area contributed by atoms with Gasteiger partial charge in [0.1, 0.15) is 5.82 Å². The van der Waals surface area contributed by atoms with E-state index in [2.05, 4.69) is 29.2 Å². The van der Waals surface area contributed by atoms with Crippen LogP contribution in [-0.4, -0.2) is 41.4 Å². The number of rotatable bonds is 3. The SMILES string of the molecule is O=C1N(Cc2ccc(F)cc2)CCCC12CCN(C1Cc3ccccc3C1)C2. The van der Waals surface area contributed by atoms with E-state index in [-0.39, 0.29) is 11.2 Å². The molecule has 28 heavy (non-hydrogen) atoms. The number of benzene rings is 2. The van der Waals surface area contributed by atoms with Gasteiger partial charge in [0, 0.05) is 25.7 Å². The van der Waals surface area contributed by atoms with Crippen LogP contribution in [0.2, 0.25) is 0 Å². The second-order valence-corrected chi connectivity index (χ2v) is 8.79. The van der Waals surface area contributed by atoms with Gasteiger partial charge in [-0.2, -0.15) is 0 Å². The summed E-state index contributed by atoms with van der Waals surface area (Å²) < 4.78 is 13.2. The fraction of sp³-hybridized carbons (Fsp3) is 0.458. The first-order valence-electron chi connectivity index (χ1n) is 10.5. The predicted octanol–water partition coefficient (Wildman–Crippen LogP) is 3.81. The summed E-state index contributed by atoms with van der Waals surface area (Å²) in [6.07, 6.45) is 5.26. The van der Waals surface area contributed by atoms with Crippen LogP contribution in [0.5, 0.6) is 0 Å². The van der Waals surface area contributed by atoms with Crippen LogP contribution in [0.15, 0.2) is 48.5 Å². The van der Waals surface area contributed by atoms with Gasteiger partial charge in [-0.15, -0.1) is 0 Å². The van der Waals surface area contributed by atoms with Gasteiger partial charge < -0.3 is 4.90 Å². The van der Waals surface area contributed by atoms with Crippen molar-refractivity contribution in [1.82, 2.24) is 9.80 Å². The maximum absolute atomic E-state index is 13.4. The Balaban J connectivity index is 1.28. The summed E-state index contributed by atoms with van der Waals surface area (Å²) in [5, 5.41) is 0. The Morgan fingerprint density at radius 1 is 0.964 bits per heavy atom. The zero-order chi connectivity index (χ0) is 19.1. The van der Waals surface area contributed by atoms with E-state index in [0.29, 0.717) is 18.5 Å². The summed E-state index contributed by atoms with van der Waals surface area (Å²) in [5.41, 5.74) is 3.74. The van der Waals surface area contributed by atoms with Crippen molar-refractivity contribution in [2.45, 2.75) is 44.7 Å². The molecule has 0 saturated carbocycles. The van der Waals surface area contributed by atoms with Gasteiger partial charge in [0.2, 0.25) is 5.91 Å². The van der Waals surface area contributed by atoms with Crippen LogP contribution in [0, 0.1) is 11.2 Å². The molecule has 1 atom stereocenters.